The molecule has 6 nitrogen and oxygen atoms in total. The summed E-state index contributed by atoms with van der Waals surface area (Å²) in [6, 6.07) is 8.39. The quantitative estimate of drug-likeness (QED) is 0.715. The zero-order valence-corrected chi connectivity index (χ0v) is 17.9. The van der Waals surface area contributed by atoms with E-state index < -0.39 is 0 Å². The summed E-state index contributed by atoms with van der Waals surface area (Å²) in [5.41, 5.74) is 2.25. The molecule has 2 atom stereocenters. The highest BCUT2D eigenvalue weighted by Gasteiger charge is 2.35. The Morgan fingerprint density at radius 1 is 1.21 bits per heavy atom. The summed E-state index contributed by atoms with van der Waals surface area (Å²) in [7, 11) is 3.64. The van der Waals surface area contributed by atoms with Crippen molar-refractivity contribution in [1.29, 1.82) is 0 Å². The van der Waals surface area contributed by atoms with Gasteiger partial charge in [-0.2, -0.15) is 0 Å². The molecule has 0 saturated heterocycles. The van der Waals surface area contributed by atoms with Gasteiger partial charge in [-0.15, -0.1) is 0 Å². The maximum absolute atomic E-state index is 13.4. The van der Waals surface area contributed by atoms with Crippen LogP contribution in [0.2, 0.25) is 0 Å². The lowest BCUT2D eigenvalue weighted by Crippen LogP contribution is -2.44. The van der Waals surface area contributed by atoms with Crippen LogP contribution in [-0.2, 0) is 9.53 Å². The van der Waals surface area contributed by atoms with Gasteiger partial charge in [0.1, 0.15) is 5.92 Å². The van der Waals surface area contributed by atoms with Gasteiger partial charge in [0.2, 0.25) is 11.9 Å². The van der Waals surface area contributed by atoms with E-state index in [9.17, 15) is 4.79 Å². The van der Waals surface area contributed by atoms with Gasteiger partial charge in [-0.05, 0) is 31.7 Å². The van der Waals surface area contributed by atoms with Crippen LogP contribution in [0.5, 0.6) is 0 Å². The fraction of sp³-hybridized carbons (Fsp3) is 0.609. The van der Waals surface area contributed by atoms with Gasteiger partial charge in [0, 0.05) is 39.6 Å². The topological polar surface area (TPSA) is 66.3 Å². The van der Waals surface area contributed by atoms with Crippen LogP contribution < -0.4 is 5.32 Å². The molecular formula is C23H34N4O2. The molecule has 1 saturated carbocycles. The highest BCUT2D eigenvalue weighted by Crippen LogP contribution is 2.31. The number of aryl methyl sites for hydroxylation is 1. The number of guanidine groups is 1. The maximum Gasteiger partial charge on any atom is 0.233 e. The molecular weight excluding hydrogens is 364 g/mol. The number of nitrogens with one attached hydrogen (secondary N) is 1. The highest BCUT2D eigenvalue weighted by molar-refractivity contribution is 6.01. The van der Waals surface area contributed by atoms with E-state index in [0.29, 0.717) is 18.6 Å². The first-order valence-corrected chi connectivity index (χ1v) is 10.8. The normalized spacial score (nSPS) is 22.2. The van der Waals surface area contributed by atoms with Gasteiger partial charge >= 0.3 is 0 Å². The molecule has 0 spiro atoms. The number of ether oxygens (including phenoxy) is 1. The molecule has 29 heavy (non-hydrogen) atoms. The van der Waals surface area contributed by atoms with Crippen LogP contribution in [0.25, 0.3) is 0 Å². The number of hydrogen-bond acceptors (Lipinski definition) is 5. The third-order valence-electron chi connectivity index (χ3n) is 5.94. The summed E-state index contributed by atoms with van der Waals surface area (Å²) in [5.74, 6) is 0.346. The van der Waals surface area contributed by atoms with E-state index in [2.05, 4.69) is 41.5 Å². The number of hydrogen-bond donors (Lipinski definition) is 1. The van der Waals surface area contributed by atoms with Crippen molar-refractivity contribution in [3.8, 4) is 0 Å². The Balaban J connectivity index is 1.77. The summed E-state index contributed by atoms with van der Waals surface area (Å²) < 4.78 is 5.10. The first kappa shape index (κ1) is 21.5. The Kier molecular flexibility index (Phi) is 7.81. The van der Waals surface area contributed by atoms with Crippen LogP contribution in [0.4, 0.5) is 0 Å². The number of benzene rings is 1. The van der Waals surface area contributed by atoms with Crippen molar-refractivity contribution >= 4 is 18.1 Å². The molecule has 158 valence electrons. The molecule has 2 unspecified atom stereocenters. The van der Waals surface area contributed by atoms with Gasteiger partial charge in [-0.25, -0.2) is 9.98 Å². The third kappa shape index (κ3) is 5.66. The number of rotatable bonds is 7. The number of nitrogens with zero attached hydrogens (tertiary/aromatic N) is 3. The van der Waals surface area contributed by atoms with Crippen molar-refractivity contribution in [1.82, 2.24) is 10.2 Å². The Morgan fingerprint density at radius 3 is 2.62 bits per heavy atom. The summed E-state index contributed by atoms with van der Waals surface area (Å²) >= 11 is 0. The second kappa shape index (κ2) is 10.5. The van der Waals surface area contributed by atoms with Crippen LogP contribution in [0.15, 0.2) is 34.3 Å². The predicted molar refractivity (Wildman–Crippen MR) is 117 cm³/mol. The van der Waals surface area contributed by atoms with E-state index >= 15 is 0 Å². The van der Waals surface area contributed by atoms with Crippen molar-refractivity contribution in [3.05, 3.63) is 35.4 Å². The smallest absolute Gasteiger partial charge is 0.233 e. The van der Waals surface area contributed by atoms with Gasteiger partial charge in [0.15, 0.2) is 0 Å². The van der Waals surface area contributed by atoms with E-state index in [1.165, 1.54) is 24.8 Å². The molecule has 1 amide bonds. The van der Waals surface area contributed by atoms with Crippen LogP contribution in [-0.4, -0.2) is 56.3 Å². The maximum atomic E-state index is 13.4. The minimum Gasteiger partial charge on any atom is -0.385 e. The van der Waals surface area contributed by atoms with Crippen LogP contribution in [0.3, 0.4) is 0 Å². The van der Waals surface area contributed by atoms with Gasteiger partial charge in [-0.1, -0.05) is 49.1 Å². The van der Waals surface area contributed by atoms with Gasteiger partial charge < -0.3 is 15.0 Å². The van der Waals surface area contributed by atoms with E-state index in [4.69, 9.17) is 9.73 Å². The molecule has 2 aliphatic rings. The third-order valence-corrected chi connectivity index (χ3v) is 5.94. The van der Waals surface area contributed by atoms with Crippen molar-refractivity contribution in [2.75, 3.05) is 27.3 Å². The van der Waals surface area contributed by atoms with Crippen molar-refractivity contribution in [2.24, 2.45) is 15.9 Å². The van der Waals surface area contributed by atoms with Crippen LogP contribution >= 0.6 is 0 Å². The molecule has 0 radical (unpaired) electrons. The Bertz CT molecular complexity index is 723. The fourth-order valence-corrected chi connectivity index (χ4v) is 4.11. The largest absolute Gasteiger partial charge is 0.385 e. The molecule has 1 aliphatic heterocycles. The number of methoxy groups -OCH3 is 1. The minimum absolute atomic E-state index is 0.119. The lowest BCUT2D eigenvalue weighted by Gasteiger charge is -2.35. The number of carbonyl (C=O) groups is 1. The average Bonchev–Trinajstić information content (AvgIpc) is 2.77. The first-order chi connectivity index (χ1) is 14.1. The fourth-order valence-electron chi connectivity index (χ4n) is 4.11. The molecule has 1 aliphatic carbocycles. The van der Waals surface area contributed by atoms with E-state index in [1.807, 2.05) is 11.9 Å². The standard InChI is InChI=1S/C23H34N4O2/c1-17-10-12-18(13-11-17)21-20(16-25-23(26-21)24-14-7-15-29-3)22(28)27(2)19-8-5-4-6-9-19/h10-13,16,19-21H,4-9,14-15H2,1-3H3,(H,24,26). The summed E-state index contributed by atoms with van der Waals surface area (Å²) in [5, 5.41) is 3.27. The summed E-state index contributed by atoms with van der Waals surface area (Å²) in [6.45, 7) is 3.50. The highest BCUT2D eigenvalue weighted by atomic mass is 16.5. The zero-order valence-electron chi connectivity index (χ0n) is 17.9. The lowest BCUT2D eigenvalue weighted by molar-refractivity contribution is -0.135. The van der Waals surface area contributed by atoms with Gasteiger partial charge in [0.05, 0.1) is 6.04 Å². The van der Waals surface area contributed by atoms with Gasteiger partial charge in [-0.3, -0.25) is 4.79 Å². The molecule has 0 bridgehead atoms. The molecule has 1 aromatic carbocycles. The average molecular weight is 399 g/mol. The minimum atomic E-state index is -0.367. The summed E-state index contributed by atoms with van der Waals surface area (Å²) in [6.07, 6.45) is 8.54. The monoisotopic (exact) mass is 398 g/mol. The van der Waals surface area contributed by atoms with E-state index in [1.54, 1.807) is 13.3 Å². The van der Waals surface area contributed by atoms with Crippen molar-refractivity contribution in [2.45, 2.75) is 57.5 Å². The Labute approximate surface area is 174 Å². The Morgan fingerprint density at radius 2 is 1.93 bits per heavy atom. The molecule has 3 rings (SSSR count). The number of carbonyl (C=O) groups excluding carboxylic acids is 1. The van der Waals surface area contributed by atoms with Crippen LogP contribution in [0, 0.1) is 12.8 Å². The van der Waals surface area contributed by atoms with Crippen LogP contribution in [0.1, 0.15) is 55.7 Å². The molecule has 1 aromatic rings. The number of amides is 1. The summed E-state index contributed by atoms with van der Waals surface area (Å²) in [4.78, 5) is 24.6. The molecule has 6 heteroatoms. The van der Waals surface area contributed by atoms with Gasteiger partial charge in [0.25, 0.3) is 0 Å². The molecule has 1 N–H and O–H groups in total. The number of aliphatic imine (C=N–C) groups is 2. The molecule has 1 fully saturated rings. The predicted octanol–water partition coefficient (Wildman–Crippen LogP) is 3.51. The van der Waals surface area contributed by atoms with E-state index in [0.717, 1.165) is 31.4 Å². The van der Waals surface area contributed by atoms with Crippen molar-refractivity contribution in [3.63, 3.8) is 0 Å². The molecule has 1 heterocycles. The lowest BCUT2D eigenvalue weighted by atomic mass is 9.89. The second-order valence-electron chi connectivity index (χ2n) is 8.13. The first-order valence-electron chi connectivity index (χ1n) is 10.8. The van der Waals surface area contributed by atoms with E-state index in [-0.39, 0.29) is 17.9 Å². The zero-order chi connectivity index (χ0) is 20.6. The second-order valence-corrected chi connectivity index (χ2v) is 8.13. The Hall–Kier alpha value is -2.21. The SMILES string of the molecule is COCCCNC1=NC(c2ccc(C)cc2)C(C(=O)N(C)C2CCCCC2)C=N1. The molecule has 0 aromatic heterocycles. The van der Waals surface area contributed by atoms with Crippen molar-refractivity contribution < 1.29 is 9.53 Å².